The largest absolute Gasteiger partial charge is 0.492 e. The molecule has 0 fully saturated rings. The number of amides is 1. The van der Waals surface area contributed by atoms with Gasteiger partial charge in [0, 0.05) is 14.1 Å². The average molecular weight is 484 g/mol. The fourth-order valence-corrected chi connectivity index (χ4v) is 4.50. The van der Waals surface area contributed by atoms with Crippen LogP contribution in [0.4, 0.5) is 5.69 Å². The minimum absolute atomic E-state index is 0.133. The summed E-state index contributed by atoms with van der Waals surface area (Å²) < 4.78 is 56.2. The minimum Gasteiger partial charge on any atom is -0.492 e. The highest BCUT2D eigenvalue weighted by atomic mass is 32.2. The number of anilines is 1. The molecule has 0 radical (unpaired) electrons. The summed E-state index contributed by atoms with van der Waals surface area (Å²) in [6.07, 6.45) is 1.05. The van der Waals surface area contributed by atoms with Gasteiger partial charge in [-0.25, -0.2) is 21.1 Å². The SMILES string of the molecule is Cc1ccc(N(CC(=O)NCCOc2ccc(S(=O)(=O)N(C)C)cc2)S(C)(=O)=O)cc1C. The lowest BCUT2D eigenvalue weighted by atomic mass is 10.1. The molecule has 0 aliphatic carbocycles. The average Bonchev–Trinajstić information content (AvgIpc) is 2.71. The Kier molecular flexibility index (Phi) is 8.27. The molecule has 0 spiro atoms. The van der Waals surface area contributed by atoms with Crippen LogP contribution >= 0.6 is 0 Å². The fourth-order valence-electron chi connectivity index (χ4n) is 2.75. The first-order valence-electron chi connectivity index (χ1n) is 9.79. The zero-order valence-corrected chi connectivity index (χ0v) is 20.5. The number of nitrogens with zero attached hydrogens (tertiary/aromatic N) is 2. The second kappa shape index (κ2) is 10.3. The highest BCUT2D eigenvalue weighted by molar-refractivity contribution is 7.92. The van der Waals surface area contributed by atoms with Crippen molar-refractivity contribution in [3.8, 4) is 5.75 Å². The van der Waals surface area contributed by atoms with Gasteiger partial charge in [-0.05, 0) is 61.4 Å². The van der Waals surface area contributed by atoms with Crippen LogP contribution in [0.25, 0.3) is 0 Å². The summed E-state index contributed by atoms with van der Waals surface area (Å²) >= 11 is 0. The van der Waals surface area contributed by atoms with Crippen molar-refractivity contribution in [3.63, 3.8) is 0 Å². The maximum atomic E-state index is 12.3. The number of ether oxygens (including phenoxy) is 1. The summed E-state index contributed by atoms with van der Waals surface area (Å²) in [6, 6.07) is 11.1. The maximum absolute atomic E-state index is 12.3. The quantitative estimate of drug-likeness (QED) is 0.513. The first kappa shape index (κ1) is 25.6. The molecule has 0 aromatic heterocycles. The lowest BCUT2D eigenvalue weighted by Gasteiger charge is -2.22. The van der Waals surface area contributed by atoms with Crippen molar-refractivity contribution in [3.05, 3.63) is 53.6 Å². The van der Waals surface area contributed by atoms with E-state index >= 15 is 0 Å². The molecule has 11 heteroatoms. The van der Waals surface area contributed by atoms with Crippen LogP contribution in [0.2, 0.25) is 0 Å². The smallest absolute Gasteiger partial charge is 0.242 e. The van der Waals surface area contributed by atoms with Crippen molar-refractivity contribution in [2.24, 2.45) is 0 Å². The van der Waals surface area contributed by atoms with Gasteiger partial charge in [-0.15, -0.1) is 0 Å². The number of benzene rings is 2. The van der Waals surface area contributed by atoms with Crippen LogP contribution in [-0.4, -0.2) is 67.1 Å². The fraction of sp³-hybridized carbons (Fsp3) is 0.381. The molecule has 0 unspecified atom stereocenters. The van der Waals surface area contributed by atoms with Gasteiger partial charge in [0.15, 0.2) is 0 Å². The second-order valence-corrected chi connectivity index (χ2v) is 11.6. The first-order valence-corrected chi connectivity index (χ1v) is 13.1. The molecule has 0 saturated heterocycles. The van der Waals surface area contributed by atoms with E-state index in [1.165, 1.54) is 38.4 Å². The van der Waals surface area contributed by atoms with E-state index in [9.17, 15) is 21.6 Å². The number of nitrogens with one attached hydrogen (secondary N) is 1. The summed E-state index contributed by atoms with van der Waals surface area (Å²) in [5.41, 5.74) is 2.38. The Labute approximate surface area is 190 Å². The molecule has 0 saturated carbocycles. The van der Waals surface area contributed by atoms with Crippen LogP contribution in [0.5, 0.6) is 5.75 Å². The molecule has 1 N–H and O–H groups in total. The van der Waals surface area contributed by atoms with Crippen molar-refractivity contribution >= 4 is 31.6 Å². The molecule has 176 valence electrons. The third-order valence-electron chi connectivity index (χ3n) is 4.76. The van der Waals surface area contributed by atoms with E-state index in [1.54, 1.807) is 12.1 Å². The van der Waals surface area contributed by atoms with Gasteiger partial charge in [0.2, 0.25) is 26.0 Å². The third-order valence-corrected chi connectivity index (χ3v) is 7.73. The van der Waals surface area contributed by atoms with E-state index in [0.29, 0.717) is 11.4 Å². The Balaban J connectivity index is 1.91. The van der Waals surface area contributed by atoms with Crippen LogP contribution in [-0.2, 0) is 24.8 Å². The number of aryl methyl sites for hydroxylation is 2. The molecule has 2 rings (SSSR count). The molecule has 0 atom stereocenters. The van der Waals surface area contributed by atoms with Gasteiger partial charge in [0.25, 0.3) is 0 Å². The summed E-state index contributed by atoms with van der Waals surface area (Å²) in [7, 11) is -4.26. The Hall–Kier alpha value is -2.63. The number of sulfonamides is 2. The van der Waals surface area contributed by atoms with Crippen LogP contribution in [0.3, 0.4) is 0 Å². The first-order chi connectivity index (χ1) is 14.8. The topological polar surface area (TPSA) is 113 Å². The molecular weight excluding hydrogens is 454 g/mol. The van der Waals surface area contributed by atoms with Gasteiger partial charge in [-0.1, -0.05) is 6.07 Å². The van der Waals surface area contributed by atoms with Gasteiger partial charge < -0.3 is 10.1 Å². The van der Waals surface area contributed by atoms with E-state index in [2.05, 4.69) is 5.32 Å². The number of carbonyl (C=O) groups is 1. The summed E-state index contributed by atoms with van der Waals surface area (Å²) in [5.74, 6) is -0.0190. The molecule has 1 amide bonds. The number of hydrogen-bond donors (Lipinski definition) is 1. The van der Waals surface area contributed by atoms with E-state index in [0.717, 1.165) is 26.0 Å². The normalized spacial score (nSPS) is 11.9. The van der Waals surface area contributed by atoms with Gasteiger partial charge in [-0.2, -0.15) is 0 Å². The monoisotopic (exact) mass is 483 g/mol. The summed E-state index contributed by atoms with van der Waals surface area (Å²) in [6.45, 7) is 3.73. The van der Waals surface area contributed by atoms with Crippen LogP contribution < -0.4 is 14.4 Å². The van der Waals surface area contributed by atoms with E-state index in [1.807, 2.05) is 19.9 Å². The Bertz CT molecular complexity index is 1160. The molecule has 2 aromatic carbocycles. The minimum atomic E-state index is -3.65. The lowest BCUT2D eigenvalue weighted by molar-refractivity contribution is -0.119. The zero-order chi connectivity index (χ0) is 24.1. The standard InChI is InChI=1S/C21H29N3O6S2/c1-16-6-7-18(14-17(16)2)24(31(5,26)27)15-21(25)22-12-13-30-19-8-10-20(11-9-19)32(28,29)23(3)4/h6-11,14H,12-13,15H2,1-5H3,(H,22,25). The second-order valence-electron chi connectivity index (χ2n) is 7.50. The molecule has 0 bridgehead atoms. The maximum Gasteiger partial charge on any atom is 0.242 e. The van der Waals surface area contributed by atoms with E-state index < -0.39 is 26.0 Å². The van der Waals surface area contributed by atoms with Crippen LogP contribution in [0, 0.1) is 13.8 Å². The lowest BCUT2D eigenvalue weighted by Crippen LogP contribution is -2.41. The van der Waals surface area contributed by atoms with E-state index in [4.69, 9.17) is 4.74 Å². The molecule has 0 aliphatic heterocycles. The molecular formula is C21H29N3O6S2. The molecule has 32 heavy (non-hydrogen) atoms. The van der Waals surface area contributed by atoms with Crippen molar-refractivity contribution in [1.82, 2.24) is 9.62 Å². The van der Waals surface area contributed by atoms with Crippen molar-refractivity contribution < 1.29 is 26.4 Å². The summed E-state index contributed by atoms with van der Waals surface area (Å²) in [4.78, 5) is 12.5. The highest BCUT2D eigenvalue weighted by Crippen LogP contribution is 2.21. The highest BCUT2D eigenvalue weighted by Gasteiger charge is 2.21. The van der Waals surface area contributed by atoms with Crippen LogP contribution in [0.1, 0.15) is 11.1 Å². The van der Waals surface area contributed by atoms with Gasteiger partial charge in [-0.3, -0.25) is 9.10 Å². The third kappa shape index (κ3) is 6.68. The predicted molar refractivity (Wildman–Crippen MR) is 124 cm³/mol. The number of rotatable bonds is 10. The van der Waals surface area contributed by atoms with Crippen LogP contribution in [0.15, 0.2) is 47.4 Å². The Morgan fingerprint density at radius 3 is 2.12 bits per heavy atom. The van der Waals surface area contributed by atoms with Crippen molar-refractivity contribution in [1.29, 1.82) is 0 Å². The van der Waals surface area contributed by atoms with E-state index in [-0.39, 0.29) is 24.6 Å². The molecule has 0 aliphatic rings. The van der Waals surface area contributed by atoms with Gasteiger partial charge >= 0.3 is 0 Å². The van der Waals surface area contributed by atoms with Crippen molar-refractivity contribution in [2.45, 2.75) is 18.7 Å². The Morgan fingerprint density at radius 1 is 0.969 bits per heavy atom. The van der Waals surface area contributed by atoms with Gasteiger partial charge in [0.05, 0.1) is 23.4 Å². The molecule has 9 nitrogen and oxygen atoms in total. The van der Waals surface area contributed by atoms with Crippen molar-refractivity contribution in [2.75, 3.05) is 44.4 Å². The zero-order valence-electron chi connectivity index (χ0n) is 18.8. The summed E-state index contributed by atoms with van der Waals surface area (Å²) in [5, 5.41) is 2.63. The predicted octanol–water partition coefficient (Wildman–Crippen LogP) is 1.51. The Morgan fingerprint density at radius 2 is 1.59 bits per heavy atom. The number of carbonyl (C=O) groups excluding carboxylic acids is 1. The van der Waals surface area contributed by atoms with Gasteiger partial charge in [0.1, 0.15) is 18.9 Å². The molecule has 0 heterocycles. The number of hydrogen-bond acceptors (Lipinski definition) is 6. The molecule has 2 aromatic rings.